The van der Waals surface area contributed by atoms with Crippen molar-refractivity contribution in [3.05, 3.63) is 40.7 Å². The first-order valence-electron chi connectivity index (χ1n) is 6.26. The zero-order valence-corrected chi connectivity index (χ0v) is 11.8. The Bertz CT molecular complexity index is 609. The van der Waals surface area contributed by atoms with Crippen LogP contribution < -0.4 is 10.1 Å². The van der Waals surface area contributed by atoms with Gasteiger partial charge in [-0.05, 0) is 34.2 Å². The molecule has 0 aliphatic rings. The Morgan fingerprint density at radius 2 is 2.05 bits per heavy atom. The van der Waals surface area contributed by atoms with E-state index in [-0.39, 0.29) is 5.82 Å². The van der Waals surface area contributed by atoms with Crippen LogP contribution in [0.1, 0.15) is 0 Å². The van der Waals surface area contributed by atoms with Crippen LogP contribution in [0.4, 0.5) is 17.3 Å². The number of anilines is 2. The molecule has 0 saturated carbocycles. The average molecular weight is 292 g/mol. The van der Waals surface area contributed by atoms with Gasteiger partial charge in [0.2, 0.25) is 12.1 Å². The summed E-state index contributed by atoms with van der Waals surface area (Å²) < 4.78 is 11.9. The lowest BCUT2D eigenvalue weighted by Crippen LogP contribution is -2.04. The molecule has 0 unspecified atom stereocenters. The van der Waals surface area contributed by atoms with Crippen LogP contribution in [0.5, 0.6) is 5.75 Å². The maximum absolute atomic E-state index is 10.9. The van der Waals surface area contributed by atoms with Crippen molar-refractivity contribution in [2.24, 2.45) is 7.05 Å². The van der Waals surface area contributed by atoms with Gasteiger partial charge in [0.25, 0.3) is 0 Å². The van der Waals surface area contributed by atoms with E-state index in [9.17, 15) is 10.1 Å². The molecule has 0 aliphatic carbocycles. The van der Waals surface area contributed by atoms with Gasteiger partial charge in [0.05, 0.1) is 6.61 Å². The Labute approximate surface area is 121 Å². The van der Waals surface area contributed by atoms with Gasteiger partial charge in [0.1, 0.15) is 12.4 Å². The SMILES string of the molecule is COCCOc1ccc(Nc2c([N+](=O)[O-])ncn2C)cc1. The molecule has 0 atom stereocenters. The Morgan fingerprint density at radius 3 is 2.67 bits per heavy atom. The highest BCUT2D eigenvalue weighted by molar-refractivity contribution is 5.64. The van der Waals surface area contributed by atoms with Crippen LogP contribution in [0, 0.1) is 10.1 Å². The van der Waals surface area contributed by atoms with Gasteiger partial charge in [-0.2, -0.15) is 0 Å². The molecule has 0 bridgehead atoms. The molecule has 2 aromatic rings. The summed E-state index contributed by atoms with van der Waals surface area (Å²) >= 11 is 0. The number of hydrogen-bond donors (Lipinski definition) is 1. The van der Waals surface area contributed by atoms with E-state index in [1.54, 1.807) is 43.0 Å². The van der Waals surface area contributed by atoms with Crippen LogP contribution in [0.15, 0.2) is 30.6 Å². The van der Waals surface area contributed by atoms with E-state index in [1.807, 2.05) is 0 Å². The van der Waals surface area contributed by atoms with Crippen LogP contribution in [0.3, 0.4) is 0 Å². The number of aryl methyl sites for hydroxylation is 1. The molecule has 0 amide bonds. The standard InChI is InChI=1S/C13H16N4O4/c1-16-9-14-12(17(18)19)13(16)15-10-3-5-11(6-4-10)21-8-7-20-2/h3-6,9,15H,7-8H2,1-2H3. The second kappa shape index (κ2) is 6.71. The summed E-state index contributed by atoms with van der Waals surface area (Å²) in [5.41, 5.74) is 0.709. The van der Waals surface area contributed by atoms with E-state index in [2.05, 4.69) is 10.3 Å². The number of methoxy groups -OCH3 is 1. The van der Waals surface area contributed by atoms with Crippen molar-refractivity contribution in [2.75, 3.05) is 25.6 Å². The van der Waals surface area contributed by atoms with Gasteiger partial charge in [0.15, 0.2) is 0 Å². The zero-order valence-electron chi connectivity index (χ0n) is 11.8. The highest BCUT2D eigenvalue weighted by Gasteiger charge is 2.19. The molecule has 8 heteroatoms. The third-order valence-corrected chi connectivity index (χ3v) is 2.76. The molecule has 0 saturated heterocycles. The average Bonchev–Trinajstić information content (AvgIpc) is 2.83. The predicted molar refractivity (Wildman–Crippen MR) is 77.0 cm³/mol. The largest absolute Gasteiger partial charge is 0.491 e. The minimum absolute atomic E-state index is 0.210. The molecule has 0 spiro atoms. The number of ether oxygens (including phenoxy) is 2. The third kappa shape index (κ3) is 3.69. The molecule has 21 heavy (non-hydrogen) atoms. The van der Waals surface area contributed by atoms with Gasteiger partial charge in [-0.15, -0.1) is 0 Å². The molecule has 0 aliphatic heterocycles. The molecule has 1 heterocycles. The number of imidazole rings is 1. The maximum Gasteiger partial charge on any atom is 0.406 e. The van der Waals surface area contributed by atoms with Crippen LogP contribution in [-0.4, -0.2) is 34.8 Å². The maximum atomic E-state index is 10.9. The Kier molecular flexibility index (Phi) is 4.72. The van der Waals surface area contributed by atoms with Crippen molar-refractivity contribution >= 4 is 17.3 Å². The van der Waals surface area contributed by atoms with E-state index >= 15 is 0 Å². The summed E-state index contributed by atoms with van der Waals surface area (Å²) in [7, 11) is 3.29. The van der Waals surface area contributed by atoms with Crippen molar-refractivity contribution in [3.63, 3.8) is 0 Å². The van der Waals surface area contributed by atoms with E-state index in [4.69, 9.17) is 9.47 Å². The molecule has 112 valence electrons. The minimum atomic E-state index is -0.523. The predicted octanol–water partition coefficient (Wildman–Crippen LogP) is 2.10. The number of benzene rings is 1. The van der Waals surface area contributed by atoms with Crippen LogP contribution in [0.2, 0.25) is 0 Å². The van der Waals surface area contributed by atoms with Crippen LogP contribution in [-0.2, 0) is 11.8 Å². The van der Waals surface area contributed by atoms with E-state index in [1.165, 1.54) is 6.33 Å². The Balaban J connectivity index is 2.07. The molecule has 8 nitrogen and oxygen atoms in total. The first kappa shape index (κ1) is 14.8. The molecule has 2 rings (SSSR count). The lowest BCUT2D eigenvalue weighted by atomic mass is 10.3. The molecule has 0 fully saturated rings. The fraction of sp³-hybridized carbons (Fsp3) is 0.308. The van der Waals surface area contributed by atoms with E-state index in [0.29, 0.717) is 30.5 Å². The Hall–Kier alpha value is -2.61. The van der Waals surface area contributed by atoms with Crippen molar-refractivity contribution in [1.82, 2.24) is 9.55 Å². The zero-order chi connectivity index (χ0) is 15.2. The summed E-state index contributed by atoms with van der Waals surface area (Å²) in [5, 5.41) is 13.9. The smallest absolute Gasteiger partial charge is 0.406 e. The van der Waals surface area contributed by atoms with E-state index < -0.39 is 4.92 Å². The number of hydrogen-bond acceptors (Lipinski definition) is 6. The summed E-state index contributed by atoms with van der Waals surface area (Å²) in [6.07, 6.45) is 1.39. The number of rotatable bonds is 7. The minimum Gasteiger partial charge on any atom is -0.491 e. The first-order chi connectivity index (χ1) is 10.1. The van der Waals surface area contributed by atoms with Crippen molar-refractivity contribution in [3.8, 4) is 5.75 Å². The fourth-order valence-corrected chi connectivity index (χ4v) is 1.71. The summed E-state index contributed by atoms with van der Waals surface area (Å²) in [4.78, 5) is 14.1. The number of nitrogens with one attached hydrogen (secondary N) is 1. The van der Waals surface area contributed by atoms with Gasteiger partial charge < -0.3 is 24.9 Å². The second-order valence-corrected chi connectivity index (χ2v) is 4.28. The first-order valence-corrected chi connectivity index (χ1v) is 6.26. The number of aromatic nitrogens is 2. The molecule has 1 aromatic heterocycles. The molecular weight excluding hydrogens is 276 g/mol. The normalized spacial score (nSPS) is 10.4. The topological polar surface area (TPSA) is 91.4 Å². The quantitative estimate of drug-likeness (QED) is 0.477. The molecular formula is C13H16N4O4. The highest BCUT2D eigenvalue weighted by atomic mass is 16.6. The van der Waals surface area contributed by atoms with E-state index in [0.717, 1.165) is 0 Å². The van der Waals surface area contributed by atoms with Gasteiger partial charge in [-0.1, -0.05) is 0 Å². The van der Waals surface area contributed by atoms with Gasteiger partial charge in [-0.25, -0.2) is 0 Å². The van der Waals surface area contributed by atoms with Crippen molar-refractivity contribution in [2.45, 2.75) is 0 Å². The fourth-order valence-electron chi connectivity index (χ4n) is 1.71. The summed E-state index contributed by atoms with van der Waals surface area (Å²) in [5.74, 6) is 0.822. The molecule has 1 N–H and O–H groups in total. The van der Waals surface area contributed by atoms with Gasteiger partial charge in [0, 0.05) is 19.8 Å². The number of nitrogens with zero attached hydrogens (tertiary/aromatic N) is 3. The van der Waals surface area contributed by atoms with Crippen molar-refractivity contribution in [1.29, 1.82) is 0 Å². The highest BCUT2D eigenvalue weighted by Crippen LogP contribution is 2.26. The van der Waals surface area contributed by atoms with Gasteiger partial charge >= 0.3 is 5.82 Å². The lowest BCUT2D eigenvalue weighted by Gasteiger charge is -2.08. The van der Waals surface area contributed by atoms with Crippen molar-refractivity contribution < 1.29 is 14.4 Å². The van der Waals surface area contributed by atoms with Crippen LogP contribution >= 0.6 is 0 Å². The summed E-state index contributed by atoms with van der Waals surface area (Å²) in [6, 6.07) is 7.11. The third-order valence-electron chi connectivity index (χ3n) is 2.76. The molecule has 0 radical (unpaired) electrons. The molecule has 1 aromatic carbocycles. The lowest BCUT2D eigenvalue weighted by molar-refractivity contribution is -0.388. The second-order valence-electron chi connectivity index (χ2n) is 4.28. The monoisotopic (exact) mass is 292 g/mol. The number of nitro groups is 1. The Morgan fingerprint density at radius 1 is 1.33 bits per heavy atom. The summed E-state index contributed by atoms with van der Waals surface area (Å²) in [6.45, 7) is 0.984. The van der Waals surface area contributed by atoms with Gasteiger partial charge in [-0.3, -0.25) is 4.57 Å². The van der Waals surface area contributed by atoms with Crippen LogP contribution in [0.25, 0.3) is 0 Å².